The molecule has 3 rings (SSSR count). The normalized spacial score (nSPS) is 26.8. The molecule has 0 saturated carbocycles. The van der Waals surface area contributed by atoms with E-state index in [0.717, 1.165) is 0 Å². The van der Waals surface area contributed by atoms with Gasteiger partial charge >= 0.3 is 0 Å². The van der Waals surface area contributed by atoms with Crippen LogP contribution in [0.3, 0.4) is 0 Å². The zero-order valence-corrected chi connectivity index (χ0v) is 19.5. The summed E-state index contributed by atoms with van der Waals surface area (Å²) in [6.07, 6.45) is 2.85. The van der Waals surface area contributed by atoms with Gasteiger partial charge in [-0.2, -0.15) is 0 Å². The molecule has 1 saturated heterocycles. The zero-order valence-electron chi connectivity index (χ0n) is 16.3. The molecular formula is C17H27IN4O4Si. The second-order valence-electron chi connectivity index (χ2n) is 8.59. The van der Waals surface area contributed by atoms with E-state index in [-0.39, 0.29) is 28.8 Å². The number of aromatic nitrogens is 4. The number of hydrogen-bond donors (Lipinski definition) is 2. The molecule has 8 nitrogen and oxygen atoms in total. The van der Waals surface area contributed by atoms with Crippen LogP contribution in [0.5, 0.6) is 0 Å². The third kappa shape index (κ3) is 3.61. The van der Waals surface area contributed by atoms with Gasteiger partial charge in [0, 0.05) is 10.8 Å². The molecule has 27 heavy (non-hydrogen) atoms. The molecular weight excluding hydrogens is 479 g/mol. The van der Waals surface area contributed by atoms with E-state index in [1.165, 1.54) is 6.33 Å². The van der Waals surface area contributed by atoms with Crippen LogP contribution in [-0.2, 0) is 9.16 Å². The molecule has 0 aliphatic carbocycles. The summed E-state index contributed by atoms with van der Waals surface area (Å²) in [5.41, 5.74) is -0.331. The maximum absolute atomic E-state index is 11.9. The van der Waals surface area contributed by atoms with Crippen LogP contribution in [-0.4, -0.2) is 55.7 Å². The van der Waals surface area contributed by atoms with E-state index < -0.39 is 20.1 Å². The summed E-state index contributed by atoms with van der Waals surface area (Å²) in [7, 11) is -2.06. The lowest BCUT2D eigenvalue weighted by Gasteiger charge is -2.42. The Morgan fingerprint density at radius 2 is 2.19 bits per heavy atom. The summed E-state index contributed by atoms with van der Waals surface area (Å²) in [6.45, 7) is 10.8. The Bertz CT molecular complexity index is 872. The van der Waals surface area contributed by atoms with Gasteiger partial charge in [-0.05, 0) is 18.1 Å². The fraction of sp³-hybridized carbons (Fsp3) is 0.706. The van der Waals surface area contributed by atoms with E-state index in [4.69, 9.17) is 9.16 Å². The Kier molecular flexibility index (Phi) is 5.58. The number of rotatable bonds is 5. The minimum absolute atomic E-state index is 0.0497. The Balaban J connectivity index is 1.96. The van der Waals surface area contributed by atoms with Crippen molar-refractivity contribution in [3.05, 3.63) is 23.0 Å². The van der Waals surface area contributed by atoms with Crippen molar-refractivity contribution in [2.75, 3.05) is 11.0 Å². The summed E-state index contributed by atoms with van der Waals surface area (Å²) < 4.78 is 15.3. The minimum atomic E-state index is -2.06. The van der Waals surface area contributed by atoms with Crippen molar-refractivity contribution >= 4 is 42.1 Å². The van der Waals surface area contributed by atoms with Crippen LogP contribution in [0.2, 0.25) is 18.1 Å². The Labute approximate surface area is 173 Å². The predicted octanol–water partition coefficient (Wildman–Crippen LogP) is 2.59. The number of nitrogens with one attached hydrogen (secondary N) is 1. The number of halogens is 1. The van der Waals surface area contributed by atoms with E-state index in [1.54, 1.807) is 10.9 Å². The molecule has 0 bridgehead atoms. The first-order chi connectivity index (χ1) is 12.5. The quantitative estimate of drug-likeness (QED) is 0.367. The number of alkyl halides is 1. The van der Waals surface area contributed by atoms with Gasteiger partial charge in [0.15, 0.2) is 19.5 Å². The first kappa shape index (κ1) is 20.9. The topological polar surface area (TPSA) is 102 Å². The molecule has 3 atom stereocenters. The van der Waals surface area contributed by atoms with Gasteiger partial charge in [0.2, 0.25) is 0 Å². The number of hydrogen-bond acceptors (Lipinski definition) is 6. The van der Waals surface area contributed by atoms with Gasteiger partial charge in [0.05, 0.1) is 25.4 Å². The molecule has 1 fully saturated rings. The van der Waals surface area contributed by atoms with Crippen molar-refractivity contribution in [3.8, 4) is 0 Å². The first-order valence-electron chi connectivity index (χ1n) is 8.97. The van der Waals surface area contributed by atoms with E-state index in [2.05, 4.69) is 71.4 Å². The fourth-order valence-corrected chi connectivity index (χ4v) is 5.31. The molecule has 2 aromatic rings. The predicted molar refractivity (Wildman–Crippen MR) is 114 cm³/mol. The van der Waals surface area contributed by atoms with E-state index >= 15 is 0 Å². The van der Waals surface area contributed by atoms with Gasteiger partial charge in [-0.1, -0.05) is 43.4 Å². The number of nitrogens with zero attached hydrogens (tertiary/aromatic N) is 3. The summed E-state index contributed by atoms with van der Waals surface area (Å²) in [5, 5.41) is 10.2. The van der Waals surface area contributed by atoms with E-state index in [1.807, 2.05) is 0 Å². The van der Waals surface area contributed by atoms with Crippen molar-refractivity contribution < 1.29 is 14.3 Å². The molecule has 2 N–H and O–H groups in total. The van der Waals surface area contributed by atoms with E-state index in [9.17, 15) is 9.90 Å². The second kappa shape index (κ2) is 7.21. The van der Waals surface area contributed by atoms with Crippen LogP contribution in [0, 0.1) is 0 Å². The summed E-state index contributed by atoms with van der Waals surface area (Å²) >= 11 is 2.24. The number of ether oxygens (including phenoxy) is 1. The standard InChI is InChI=1S/C17H27IN4O4Si/c1-16(2,3)27(4,5)26-11-6-12(25-17(11,7-18)8-23)22-10-21-13-14(22)19-9-20-15(13)24/h9-12,23H,6-8H2,1-5H3,(H,19,20,24)/t11-,12-,17+/m0/s1. The average Bonchev–Trinajstić information content (AvgIpc) is 3.16. The summed E-state index contributed by atoms with van der Waals surface area (Å²) in [4.78, 5) is 22.9. The number of fused-ring (bicyclic) bond motifs is 1. The van der Waals surface area contributed by atoms with Gasteiger partial charge in [-0.15, -0.1) is 0 Å². The third-order valence-corrected chi connectivity index (χ3v) is 11.6. The van der Waals surface area contributed by atoms with Gasteiger partial charge in [0.25, 0.3) is 5.56 Å². The second-order valence-corrected chi connectivity index (χ2v) is 14.1. The van der Waals surface area contributed by atoms with Crippen LogP contribution in [0.25, 0.3) is 11.2 Å². The van der Waals surface area contributed by atoms with Crippen molar-refractivity contribution in [3.63, 3.8) is 0 Å². The van der Waals surface area contributed by atoms with Crippen LogP contribution in [0.1, 0.15) is 33.4 Å². The lowest BCUT2D eigenvalue weighted by atomic mass is 10.0. The van der Waals surface area contributed by atoms with Crippen LogP contribution < -0.4 is 5.56 Å². The first-order valence-corrected chi connectivity index (χ1v) is 13.4. The molecule has 1 aliphatic rings. The Hall–Kier alpha value is -0.823. The fourth-order valence-electron chi connectivity index (χ4n) is 3.02. The highest BCUT2D eigenvalue weighted by Crippen LogP contribution is 2.45. The lowest BCUT2D eigenvalue weighted by molar-refractivity contribution is -0.107. The Morgan fingerprint density at radius 1 is 1.48 bits per heavy atom. The van der Waals surface area contributed by atoms with Crippen LogP contribution >= 0.6 is 22.6 Å². The number of aliphatic hydroxyl groups is 1. The molecule has 10 heteroatoms. The molecule has 150 valence electrons. The summed E-state index contributed by atoms with van der Waals surface area (Å²) in [6, 6.07) is 0. The molecule has 0 aromatic carbocycles. The SMILES string of the molecule is CC(C)(C)[Si](C)(C)O[C@H]1C[C@@H](n2cnc3c(=O)[nH]cnc32)O[C@@]1(CO)CI. The molecule has 3 heterocycles. The monoisotopic (exact) mass is 506 g/mol. The lowest BCUT2D eigenvalue weighted by Crippen LogP contribution is -2.53. The molecule has 0 radical (unpaired) electrons. The van der Waals surface area contributed by atoms with Gasteiger partial charge in [0.1, 0.15) is 11.8 Å². The highest BCUT2D eigenvalue weighted by atomic mass is 127. The maximum atomic E-state index is 11.9. The van der Waals surface area contributed by atoms with E-state index in [0.29, 0.717) is 16.5 Å². The van der Waals surface area contributed by atoms with Crippen molar-refractivity contribution in [2.24, 2.45) is 0 Å². The minimum Gasteiger partial charge on any atom is -0.411 e. The van der Waals surface area contributed by atoms with Gasteiger partial charge in [-0.25, -0.2) is 9.97 Å². The number of aliphatic hydroxyl groups excluding tert-OH is 1. The number of H-pyrrole nitrogens is 1. The highest BCUT2D eigenvalue weighted by molar-refractivity contribution is 14.1. The molecule has 0 amide bonds. The molecule has 0 spiro atoms. The Morgan fingerprint density at radius 3 is 2.78 bits per heavy atom. The largest absolute Gasteiger partial charge is 0.411 e. The third-order valence-electron chi connectivity index (χ3n) is 5.79. The number of imidazole rings is 1. The number of aromatic amines is 1. The van der Waals surface area contributed by atoms with Crippen LogP contribution in [0.4, 0.5) is 0 Å². The van der Waals surface area contributed by atoms with Crippen LogP contribution in [0.15, 0.2) is 17.4 Å². The molecule has 0 unspecified atom stereocenters. The zero-order chi connectivity index (χ0) is 20.0. The van der Waals surface area contributed by atoms with Crippen molar-refractivity contribution in [1.82, 2.24) is 19.5 Å². The summed E-state index contributed by atoms with van der Waals surface area (Å²) in [5.74, 6) is 0. The smallest absolute Gasteiger partial charge is 0.278 e. The maximum Gasteiger partial charge on any atom is 0.278 e. The van der Waals surface area contributed by atoms with Crippen molar-refractivity contribution in [1.29, 1.82) is 0 Å². The molecule has 1 aliphatic heterocycles. The van der Waals surface area contributed by atoms with Crippen molar-refractivity contribution in [2.45, 2.75) is 63.3 Å². The average molecular weight is 506 g/mol. The van der Waals surface area contributed by atoms with Gasteiger partial charge in [-0.3, -0.25) is 9.36 Å². The van der Waals surface area contributed by atoms with Gasteiger partial charge < -0.3 is 19.3 Å². The highest BCUT2D eigenvalue weighted by Gasteiger charge is 2.53. The molecule has 2 aromatic heterocycles.